The number of likely N-dealkylation sites (tertiary alicyclic amines) is 1. The number of amides is 2. The molecule has 6 heterocycles. The van der Waals surface area contributed by atoms with Crippen molar-refractivity contribution in [2.75, 3.05) is 44.9 Å². The van der Waals surface area contributed by atoms with E-state index in [0.717, 1.165) is 61.8 Å². The highest BCUT2D eigenvalue weighted by Crippen LogP contribution is 2.44. The van der Waals surface area contributed by atoms with Crippen molar-refractivity contribution in [3.63, 3.8) is 0 Å². The number of hydrogen-bond acceptors (Lipinski definition) is 14. The number of phenolic OH excluding ortho intramolecular Hbond substituents is 1. The molecule has 3 fully saturated rings. The third kappa shape index (κ3) is 13.7. The van der Waals surface area contributed by atoms with E-state index in [1.54, 1.807) is 55.8 Å². The summed E-state index contributed by atoms with van der Waals surface area (Å²) in [6, 6.07) is 26.0. The molecule has 3 aliphatic heterocycles. The molecule has 6 atom stereocenters. The monoisotopic (exact) mass is 1150 g/mol. The zero-order chi connectivity index (χ0) is 59.6. The van der Waals surface area contributed by atoms with E-state index in [9.17, 15) is 23.5 Å². The lowest BCUT2D eigenvalue weighted by Crippen LogP contribution is -2.51. The number of benzene rings is 5. The predicted molar refractivity (Wildman–Crippen MR) is 317 cm³/mol. The standard InChI is InChI=1S/C43H49FN8O4.C15H13F2NO2.C6H11NO/c1-7-33-36(44)15-12-29-16-32(53)17-34(38(29)33)39-41(55-23-27-8-10-28(11-9-27)37-21-52(50-49-37)26(5)24(2)3)40-35(18-45-39)42(48-43(47-40)56-22-25(4)54-6)51-19-30-13-14-31(20-51)46-30;16-13-3-1-2-12(15(13)17)10-4-6-11(7-5-10)14(8-19)18-9-20;1-6-3-2-4-7(6)5-8/h8-12,15-18,21,24-26,30-31,46,53H,7,13-14,19-20,22-23H2,1-6H3;1-7,9,14,19H,8H2,(H,18,20);5-6H,2-4H2,1H3/t25-,26?,30?,31?;;/m0../s1. The van der Waals surface area contributed by atoms with Gasteiger partial charge in [-0.3, -0.25) is 14.6 Å². The van der Waals surface area contributed by atoms with E-state index in [1.807, 2.05) is 53.9 Å². The van der Waals surface area contributed by atoms with Gasteiger partial charge in [-0.05, 0) is 116 Å². The number of ether oxygens (including phenoxy) is 3. The average molecular weight is 1150 g/mol. The van der Waals surface area contributed by atoms with Gasteiger partial charge in [0.2, 0.25) is 12.8 Å². The number of anilines is 1. The van der Waals surface area contributed by atoms with Crippen LogP contribution in [0.15, 0.2) is 103 Å². The molecule has 5 aromatic carbocycles. The zero-order valence-corrected chi connectivity index (χ0v) is 48.4. The Bertz CT molecular complexity index is 3540. The molecule has 0 radical (unpaired) electrons. The van der Waals surface area contributed by atoms with Crippen LogP contribution in [0.25, 0.3) is 55.3 Å². The lowest BCUT2D eigenvalue weighted by atomic mass is 9.94. The Labute approximate surface area is 487 Å². The van der Waals surface area contributed by atoms with Gasteiger partial charge in [-0.2, -0.15) is 9.97 Å². The largest absolute Gasteiger partial charge is 0.508 e. The van der Waals surface area contributed by atoms with Crippen LogP contribution in [0.5, 0.6) is 17.5 Å². The average Bonchev–Trinajstić information content (AvgIpc) is 2.73. The molecule has 84 heavy (non-hydrogen) atoms. The van der Waals surface area contributed by atoms with Gasteiger partial charge in [0.05, 0.1) is 36.4 Å². The molecule has 0 saturated carbocycles. The molecule has 3 saturated heterocycles. The van der Waals surface area contributed by atoms with Crippen molar-refractivity contribution in [2.24, 2.45) is 5.92 Å². The van der Waals surface area contributed by atoms with Crippen molar-refractivity contribution >= 4 is 40.3 Å². The Morgan fingerprint density at radius 2 is 1.61 bits per heavy atom. The number of pyridine rings is 1. The molecule has 11 rings (SSSR count). The van der Waals surface area contributed by atoms with Crippen molar-refractivity contribution in [1.29, 1.82) is 0 Å². The molecular weight excluding hydrogens is 1080 g/mol. The summed E-state index contributed by atoms with van der Waals surface area (Å²) in [6.07, 6.45) is 10.00. The SMILES string of the molecule is CC1CCCN1C=O.CCc1c(F)ccc2cc(O)cc(-c3ncc4c(N5CC6CCC(C5)N6)nc(OC[C@H](C)OC)nc4c3OCc3ccc(-c4cn(C(C)C(C)C)nn4)cc3)c12.O=CNC(CO)c1ccc(-c2cccc(F)c2F)cc1. The first kappa shape index (κ1) is 60.4. The van der Waals surface area contributed by atoms with Gasteiger partial charge >= 0.3 is 6.01 Å². The Morgan fingerprint density at radius 3 is 2.25 bits per heavy atom. The van der Waals surface area contributed by atoms with E-state index in [1.165, 1.54) is 31.0 Å². The minimum atomic E-state index is -0.901. The van der Waals surface area contributed by atoms with Gasteiger partial charge in [0.15, 0.2) is 17.4 Å². The van der Waals surface area contributed by atoms with E-state index in [0.29, 0.717) is 98.1 Å². The van der Waals surface area contributed by atoms with E-state index in [4.69, 9.17) is 34.3 Å². The molecule has 0 spiro atoms. The minimum absolute atomic E-state index is 0.0292. The van der Waals surface area contributed by atoms with Crippen LogP contribution < -0.4 is 25.0 Å². The van der Waals surface area contributed by atoms with Gasteiger partial charge < -0.3 is 44.9 Å². The maximum Gasteiger partial charge on any atom is 0.319 e. The highest BCUT2D eigenvalue weighted by atomic mass is 19.2. The summed E-state index contributed by atoms with van der Waals surface area (Å²) in [4.78, 5) is 39.7. The maximum atomic E-state index is 15.4. The summed E-state index contributed by atoms with van der Waals surface area (Å²) < 4.78 is 62.7. The number of aliphatic hydroxyl groups excluding tert-OH is 1. The van der Waals surface area contributed by atoms with Crippen LogP contribution in [0, 0.1) is 23.4 Å². The van der Waals surface area contributed by atoms with E-state index >= 15 is 4.39 Å². The third-order valence-corrected chi connectivity index (χ3v) is 16.1. The first-order valence-electron chi connectivity index (χ1n) is 28.6. The zero-order valence-electron chi connectivity index (χ0n) is 48.4. The van der Waals surface area contributed by atoms with Crippen LogP contribution in [-0.2, 0) is 27.4 Å². The molecule has 2 amide bonds. The van der Waals surface area contributed by atoms with Crippen molar-refractivity contribution in [3.05, 3.63) is 138 Å². The molecule has 20 heteroatoms. The van der Waals surface area contributed by atoms with Gasteiger partial charge in [0.25, 0.3) is 0 Å². The number of aromatic hydroxyl groups is 1. The van der Waals surface area contributed by atoms with Crippen LogP contribution in [-0.4, -0.2) is 122 Å². The summed E-state index contributed by atoms with van der Waals surface area (Å²) in [6.45, 7) is 15.1. The number of methoxy groups -OCH3 is 1. The summed E-state index contributed by atoms with van der Waals surface area (Å²) in [5.41, 5.74) is 6.00. The van der Waals surface area contributed by atoms with Crippen LogP contribution in [0.3, 0.4) is 0 Å². The number of carbonyl (C=O) groups is 2. The third-order valence-electron chi connectivity index (χ3n) is 16.1. The van der Waals surface area contributed by atoms with Crippen molar-refractivity contribution in [2.45, 2.75) is 117 Å². The topological polar surface area (TPSA) is 202 Å². The van der Waals surface area contributed by atoms with Crippen LogP contribution >= 0.6 is 0 Å². The first-order chi connectivity index (χ1) is 40.6. The first-order valence-corrected chi connectivity index (χ1v) is 28.6. The molecule has 0 aliphatic carbocycles. The molecule has 4 N–H and O–H groups in total. The minimum Gasteiger partial charge on any atom is -0.508 e. The van der Waals surface area contributed by atoms with E-state index in [-0.39, 0.29) is 55.1 Å². The number of nitrogens with one attached hydrogen (secondary N) is 2. The molecule has 2 bridgehead atoms. The number of fused-ring (bicyclic) bond motifs is 4. The number of rotatable bonds is 19. The van der Waals surface area contributed by atoms with E-state index < -0.39 is 17.7 Å². The summed E-state index contributed by atoms with van der Waals surface area (Å²) in [5.74, 6) is -0.582. The molecular formula is C64H73F3N10O7. The highest BCUT2D eigenvalue weighted by molar-refractivity contribution is 6.04. The lowest BCUT2D eigenvalue weighted by Gasteiger charge is -2.34. The van der Waals surface area contributed by atoms with Crippen molar-refractivity contribution < 1.29 is 47.2 Å². The summed E-state index contributed by atoms with van der Waals surface area (Å²) >= 11 is 0. The number of hydrogen-bond donors (Lipinski definition) is 4. The van der Waals surface area contributed by atoms with Crippen molar-refractivity contribution in [1.82, 2.24) is 45.5 Å². The van der Waals surface area contributed by atoms with Gasteiger partial charge in [0, 0.05) is 67.8 Å². The molecule has 442 valence electrons. The smallest absolute Gasteiger partial charge is 0.319 e. The summed E-state index contributed by atoms with van der Waals surface area (Å²) in [7, 11) is 1.64. The number of halogens is 3. The Morgan fingerprint density at radius 1 is 0.869 bits per heavy atom. The van der Waals surface area contributed by atoms with Crippen LogP contribution in [0.1, 0.15) is 96.0 Å². The molecule has 17 nitrogen and oxygen atoms in total. The van der Waals surface area contributed by atoms with Gasteiger partial charge in [0.1, 0.15) is 47.5 Å². The lowest BCUT2D eigenvalue weighted by molar-refractivity contribution is -0.118. The molecule has 3 aliphatic rings. The number of carbonyl (C=O) groups excluding carboxylic acids is 2. The summed E-state index contributed by atoms with van der Waals surface area (Å²) in [5, 5.41) is 37.2. The van der Waals surface area contributed by atoms with Crippen molar-refractivity contribution in [3.8, 4) is 51.2 Å². The second kappa shape index (κ2) is 27.5. The number of nitrogens with zero attached hydrogens (tertiary/aromatic N) is 8. The fraction of sp³-hybridized carbons (Fsp3) is 0.391. The number of piperazine rings is 1. The second-order valence-electron chi connectivity index (χ2n) is 22.0. The van der Waals surface area contributed by atoms with Gasteiger partial charge in [-0.15, -0.1) is 5.10 Å². The number of aliphatic hydroxyl groups is 1. The maximum absolute atomic E-state index is 15.4. The quantitative estimate of drug-likeness (QED) is 0.0557. The predicted octanol–water partition coefficient (Wildman–Crippen LogP) is 10.7. The van der Waals surface area contributed by atoms with E-state index in [2.05, 4.69) is 53.5 Å². The number of phenols is 1. The Hall–Kier alpha value is -8.20. The Balaban J connectivity index is 0.000000247. The van der Waals surface area contributed by atoms with Crippen LogP contribution in [0.2, 0.25) is 0 Å². The highest BCUT2D eigenvalue weighted by Gasteiger charge is 2.35. The fourth-order valence-corrected chi connectivity index (χ4v) is 10.8. The van der Waals surface area contributed by atoms with Gasteiger partial charge in [-0.25, -0.2) is 17.9 Å². The second-order valence-corrected chi connectivity index (χ2v) is 22.0. The molecule has 3 aromatic heterocycles. The molecule has 8 aromatic rings. The fourth-order valence-electron chi connectivity index (χ4n) is 10.8. The normalized spacial score (nSPS) is 17.5. The number of aryl methyl sites for hydroxylation is 1. The molecule has 5 unspecified atom stereocenters. The Kier molecular flexibility index (Phi) is 19.7. The van der Waals surface area contributed by atoms with Crippen LogP contribution in [0.4, 0.5) is 19.0 Å². The number of aromatic nitrogens is 6. The van der Waals surface area contributed by atoms with Gasteiger partial charge in [-0.1, -0.05) is 92.7 Å².